The summed E-state index contributed by atoms with van der Waals surface area (Å²) >= 11 is 1.36. The smallest absolute Gasteiger partial charge is 0.321 e. The van der Waals surface area contributed by atoms with Crippen molar-refractivity contribution in [2.75, 3.05) is 24.2 Å². The van der Waals surface area contributed by atoms with Crippen LogP contribution in [0.2, 0.25) is 0 Å². The molecule has 1 saturated heterocycles. The van der Waals surface area contributed by atoms with Crippen LogP contribution in [-0.4, -0.2) is 56.5 Å². The Labute approximate surface area is 197 Å². The molecule has 3 amide bonds. The van der Waals surface area contributed by atoms with Gasteiger partial charge in [-0.25, -0.2) is 4.79 Å². The number of nitrogens with zero attached hydrogens (tertiary/aromatic N) is 4. The number of hydrogen-bond acceptors (Lipinski definition) is 5. The second-order valence-electron chi connectivity index (χ2n) is 8.17. The van der Waals surface area contributed by atoms with E-state index in [9.17, 15) is 9.59 Å². The summed E-state index contributed by atoms with van der Waals surface area (Å²) in [6.07, 6.45) is 3.13. The second-order valence-corrected chi connectivity index (χ2v) is 9.11. The summed E-state index contributed by atoms with van der Waals surface area (Å²) in [6, 6.07) is 15.6. The SMILES string of the molecule is Cc1ccc(-n2cnnc2SCC(=O)NC2CCN(C(=O)Nc3ccccc3)CC2)cc1C. The van der Waals surface area contributed by atoms with Gasteiger partial charge >= 0.3 is 6.03 Å². The zero-order valence-electron chi connectivity index (χ0n) is 18.8. The third-order valence-electron chi connectivity index (χ3n) is 5.79. The maximum absolute atomic E-state index is 12.5. The van der Waals surface area contributed by atoms with Crippen molar-refractivity contribution < 1.29 is 9.59 Å². The Morgan fingerprint density at radius 2 is 1.82 bits per heavy atom. The Hall–Kier alpha value is -3.33. The molecular weight excluding hydrogens is 436 g/mol. The van der Waals surface area contributed by atoms with E-state index in [0.717, 1.165) is 24.2 Å². The van der Waals surface area contributed by atoms with E-state index in [1.54, 1.807) is 11.2 Å². The molecule has 0 saturated carbocycles. The fraction of sp³-hybridized carbons (Fsp3) is 0.333. The third kappa shape index (κ3) is 5.92. The van der Waals surface area contributed by atoms with Crippen molar-refractivity contribution in [3.05, 3.63) is 66.0 Å². The first-order valence-electron chi connectivity index (χ1n) is 11.0. The molecule has 1 aliphatic rings. The molecule has 9 heteroatoms. The van der Waals surface area contributed by atoms with E-state index >= 15 is 0 Å². The first-order chi connectivity index (χ1) is 16.0. The molecule has 2 N–H and O–H groups in total. The number of carbonyl (C=O) groups excluding carboxylic acids is 2. The largest absolute Gasteiger partial charge is 0.353 e. The predicted molar refractivity (Wildman–Crippen MR) is 130 cm³/mol. The lowest BCUT2D eigenvalue weighted by Crippen LogP contribution is -2.48. The lowest BCUT2D eigenvalue weighted by molar-refractivity contribution is -0.119. The summed E-state index contributed by atoms with van der Waals surface area (Å²) in [4.78, 5) is 26.7. The van der Waals surface area contributed by atoms with Gasteiger partial charge in [-0.3, -0.25) is 9.36 Å². The van der Waals surface area contributed by atoms with E-state index in [0.29, 0.717) is 18.2 Å². The number of para-hydroxylation sites is 1. The van der Waals surface area contributed by atoms with Gasteiger partial charge in [0.25, 0.3) is 0 Å². The minimum Gasteiger partial charge on any atom is -0.353 e. The maximum atomic E-state index is 12.5. The molecule has 3 aromatic rings. The number of likely N-dealkylation sites (tertiary alicyclic amines) is 1. The van der Waals surface area contributed by atoms with Crippen molar-refractivity contribution in [2.24, 2.45) is 0 Å². The van der Waals surface area contributed by atoms with Crippen molar-refractivity contribution in [2.45, 2.75) is 37.9 Å². The molecule has 4 rings (SSSR count). The Morgan fingerprint density at radius 1 is 1.06 bits per heavy atom. The monoisotopic (exact) mass is 464 g/mol. The van der Waals surface area contributed by atoms with Crippen LogP contribution in [0.4, 0.5) is 10.5 Å². The average molecular weight is 465 g/mol. The van der Waals surface area contributed by atoms with E-state index in [1.807, 2.05) is 41.0 Å². The van der Waals surface area contributed by atoms with Crippen LogP contribution in [0.15, 0.2) is 60.0 Å². The molecule has 1 aliphatic heterocycles. The number of carbonyl (C=O) groups is 2. The summed E-state index contributed by atoms with van der Waals surface area (Å²) < 4.78 is 1.90. The number of urea groups is 1. The number of nitrogens with one attached hydrogen (secondary N) is 2. The number of aromatic nitrogens is 3. The van der Waals surface area contributed by atoms with Crippen LogP contribution < -0.4 is 10.6 Å². The van der Waals surface area contributed by atoms with Gasteiger partial charge in [0.2, 0.25) is 5.91 Å². The Balaban J connectivity index is 1.23. The van der Waals surface area contributed by atoms with Crippen molar-refractivity contribution in [1.82, 2.24) is 25.0 Å². The number of thioether (sulfide) groups is 1. The number of amides is 3. The second kappa shape index (κ2) is 10.5. The van der Waals surface area contributed by atoms with E-state index in [1.165, 1.54) is 22.9 Å². The molecule has 0 spiro atoms. The molecule has 1 aromatic heterocycles. The summed E-state index contributed by atoms with van der Waals surface area (Å²) in [7, 11) is 0. The quantitative estimate of drug-likeness (QED) is 0.542. The minimum absolute atomic E-state index is 0.0400. The fourth-order valence-electron chi connectivity index (χ4n) is 3.73. The molecule has 1 fully saturated rings. The summed E-state index contributed by atoms with van der Waals surface area (Å²) in [6.45, 7) is 5.36. The number of hydrogen-bond donors (Lipinski definition) is 2. The molecular formula is C24H28N6O2S. The molecule has 0 radical (unpaired) electrons. The van der Waals surface area contributed by atoms with Crippen LogP contribution in [0, 0.1) is 13.8 Å². The van der Waals surface area contributed by atoms with Gasteiger partial charge in [-0.2, -0.15) is 0 Å². The van der Waals surface area contributed by atoms with Crippen LogP contribution >= 0.6 is 11.8 Å². The van der Waals surface area contributed by atoms with Crippen molar-refractivity contribution in [1.29, 1.82) is 0 Å². The molecule has 0 unspecified atom stereocenters. The highest BCUT2D eigenvalue weighted by Gasteiger charge is 2.24. The number of aryl methyl sites for hydroxylation is 2. The van der Waals surface area contributed by atoms with E-state index in [2.05, 4.69) is 46.8 Å². The van der Waals surface area contributed by atoms with Gasteiger partial charge in [0.1, 0.15) is 6.33 Å². The number of rotatable bonds is 6. The molecule has 2 heterocycles. The average Bonchev–Trinajstić information content (AvgIpc) is 3.29. The van der Waals surface area contributed by atoms with Crippen molar-refractivity contribution >= 4 is 29.4 Å². The van der Waals surface area contributed by atoms with Crippen LogP contribution in [0.5, 0.6) is 0 Å². The van der Waals surface area contributed by atoms with Gasteiger partial charge < -0.3 is 15.5 Å². The number of anilines is 1. The number of benzene rings is 2. The van der Waals surface area contributed by atoms with Gasteiger partial charge in [-0.1, -0.05) is 36.0 Å². The van der Waals surface area contributed by atoms with E-state index < -0.39 is 0 Å². The van der Waals surface area contributed by atoms with Crippen molar-refractivity contribution in [3.63, 3.8) is 0 Å². The third-order valence-corrected chi connectivity index (χ3v) is 6.73. The van der Waals surface area contributed by atoms with Gasteiger partial charge in [0.05, 0.1) is 5.75 Å². The first kappa shape index (κ1) is 22.8. The predicted octanol–water partition coefficient (Wildman–Crippen LogP) is 3.79. The molecule has 8 nitrogen and oxygen atoms in total. The molecule has 0 aliphatic carbocycles. The molecule has 172 valence electrons. The molecule has 2 aromatic carbocycles. The highest BCUT2D eigenvalue weighted by Crippen LogP contribution is 2.21. The minimum atomic E-state index is -0.104. The van der Waals surface area contributed by atoms with E-state index in [4.69, 9.17) is 0 Å². The van der Waals surface area contributed by atoms with Crippen LogP contribution in [0.1, 0.15) is 24.0 Å². The zero-order chi connectivity index (χ0) is 23.2. The summed E-state index contributed by atoms with van der Waals surface area (Å²) in [5, 5.41) is 14.9. The van der Waals surface area contributed by atoms with Gasteiger partial charge in [-0.05, 0) is 62.1 Å². The van der Waals surface area contributed by atoms with Gasteiger partial charge in [-0.15, -0.1) is 10.2 Å². The standard InChI is InChI=1S/C24H28N6O2S/c1-17-8-9-21(14-18(17)2)30-16-25-28-24(30)33-15-22(31)26-20-10-12-29(13-11-20)23(32)27-19-6-4-3-5-7-19/h3-9,14,16,20H,10-13,15H2,1-2H3,(H,26,31)(H,27,32). The molecule has 0 bridgehead atoms. The van der Waals surface area contributed by atoms with Crippen LogP contribution in [-0.2, 0) is 4.79 Å². The summed E-state index contributed by atoms with van der Waals surface area (Å²) in [5.41, 5.74) is 4.18. The normalized spacial score (nSPS) is 14.2. The fourth-order valence-corrected chi connectivity index (χ4v) is 4.47. The topological polar surface area (TPSA) is 92.2 Å². The highest BCUT2D eigenvalue weighted by molar-refractivity contribution is 7.99. The molecule has 33 heavy (non-hydrogen) atoms. The highest BCUT2D eigenvalue weighted by atomic mass is 32.2. The zero-order valence-corrected chi connectivity index (χ0v) is 19.6. The Morgan fingerprint density at radius 3 is 2.55 bits per heavy atom. The lowest BCUT2D eigenvalue weighted by atomic mass is 10.1. The number of piperidine rings is 1. The maximum Gasteiger partial charge on any atom is 0.321 e. The Bertz CT molecular complexity index is 1110. The van der Waals surface area contributed by atoms with Gasteiger partial charge in [0.15, 0.2) is 5.16 Å². The van der Waals surface area contributed by atoms with Crippen LogP contribution in [0.3, 0.4) is 0 Å². The van der Waals surface area contributed by atoms with E-state index in [-0.39, 0.29) is 23.7 Å². The van der Waals surface area contributed by atoms with Gasteiger partial charge in [0, 0.05) is 30.5 Å². The van der Waals surface area contributed by atoms with Crippen LogP contribution in [0.25, 0.3) is 5.69 Å². The summed E-state index contributed by atoms with van der Waals surface area (Å²) in [5.74, 6) is 0.222. The van der Waals surface area contributed by atoms with Crippen molar-refractivity contribution in [3.8, 4) is 5.69 Å². The lowest BCUT2D eigenvalue weighted by Gasteiger charge is -2.32. The first-order valence-corrected chi connectivity index (χ1v) is 12.0. The Kier molecular flexibility index (Phi) is 7.29. The molecule has 0 atom stereocenters.